The van der Waals surface area contributed by atoms with Crippen LogP contribution in [0.1, 0.15) is 37.0 Å². The van der Waals surface area contributed by atoms with E-state index in [1.54, 1.807) is 0 Å². The number of ether oxygens (including phenoxy) is 1. The Morgan fingerprint density at radius 1 is 1.24 bits per heavy atom. The van der Waals surface area contributed by atoms with E-state index in [0.29, 0.717) is 12.8 Å². The Labute approximate surface area is 99.6 Å². The molecule has 94 valence electrons. The maximum Gasteiger partial charge on any atom is 0.194 e. The molecular weight excluding hydrogens is 226 g/mol. The first kappa shape index (κ1) is 13.8. The fourth-order valence-electron chi connectivity index (χ4n) is 1.85. The lowest BCUT2D eigenvalue weighted by atomic mass is 9.87. The second-order valence-electron chi connectivity index (χ2n) is 3.86. The number of hydrogen-bond donors (Lipinski definition) is 0. The number of hydrogen-bond acceptors (Lipinski definition) is 2. The third-order valence-corrected chi connectivity index (χ3v) is 3.13. The summed E-state index contributed by atoms with van der Waals surface area (Å²) in [6, 6.07) is 3.14. The minimum atomic E-state index is -1.02. The van der Waals surface area contributed by atoms with Crippen molar-refractivity contribution in [3.8, 4) is 0 Å². The van der Waals surface area contributed by atoms with E-state index >= 15 is 0 Å². The van der Waals surface area contributed by atoms with Crippen LogP contribution < -0.4 is 0 Å². The molecule has 0 aliphatic carbocycles. The molecule has 0 radical (unpaired) electrons. The van der Waals surface area contributed by atoms with E-state index in [1.165, 1.54) is 13.2 Å². The highest BCUT2D eigenvalue weighted by molar-refractivity contribution is 6.02. The van der Waals surface area contributed by atoms with Gasteiger partial charge in [-0.25, -0.2) is 8.78 Å². The second-order valence-corrected chi connectivity index (χ2v) is 3.86. The summed E-state index contributed by atoms with van der Waals surface area (Å²) in [5.41, 5.74) is -0.820. The van der Waals surface area contributed by atoms with Gasteiger partial charge in [0.1, 0.15) is 5.60 Å². The van der Waals surface area contributed by atoms with Crippen LogP contribution in [-0.4, -0.2) is 18.5 Å². The lowest BCUT2D eigenvalue weighted by molar-refractivity contribution is -0.00264. The van der Waals surface area contributed by atoms with Crippen molar-refractivity contribution in [2.45, 2.75) is 32.3 Å². The van der Waals surface area contributed by atoms with Gasteiger partial charge in [0.05, 0.1) is 0 Å². The Kier molecular flexibility index (Phi) is 4.34. The highest BCUT2D eigenvalue weighted by atomic mass is 19.2. The fraction of sp³-hybridized carbons (Fsp3) is 0.462. The van der Waals surface area contributed by atoms with Crippen molar-refractivity contribution in [3.05, 3.63) is 35.4 Å². The summed E-state index contributed by atoms with van der Waals surface area (Å²) in [5, 5.41) is 0. The monoisotopic (exact) mass is 242 g/mol. The molecule has 0 saturated carbocycles. The van der Waals surface area contributed by atoms with E-state index in [1.807, 2.05) is 13.8 Å². The molecule has 0 spiro atoms. The first-order chi connectivity index (χ1) is 8.00. The van der Waals surface area contributed by atoms with E-state index in [9.17, 15) is 13.6 Å². The maximum atomic E-state index is 13.1. The molecule has 0 fully saturated rings. The summed E-state index contributed by atoms with van der Waals surface area (Å²) in [6.45, 7) is 3.65. The second kappa shape index (κ2) is 5.36. The van der Waals surface area contributed by atoms with Crippen molar-refractivity contribution in [2.24, 2.45) is 0 Å². The van der Waals surface area contributed by atoms with Crippen molar-refractivity contribution < 1.29 is 18.3 Å². The van der Waals surface area contributed by atoms with Gasteiger partial charge in [-0.05, 0) is 31.0 Å². The van der Waals surface area contributed by atoms with Crippen molar-refractivity contribution in [3.63, 3.8) is 0 Å². The molecular formula is C13H16F2O2. The summed E-state index contributed by atoms with van der Waals surface area (Å²) in [5.74, 6) is -2.30. The quantitative estimate of drug-likeness (QED) is 0.740. The predicted molar refractivity (Wildman–Crippen MR) is 61.0 cm³/mol. The molecule has 1 aromatic carbocycles. The molecule has 0 atom stereocenters. The molecule has 2 nitrogen and oxygen atoms in total. The van der Waals surface area contributed by atoms with Gasteiger partial charge in [0.25, 0.3) is 0 Å². The van der Waals surface area contributed by atoms with Gasteiger partial charge in [0.2, 0.25) is 0 Å². The zero-order valence-corrected chi connectivity index (χ0v) is 10.2. The number of methoxy groups -OCH3 is 1. The molecule has 0 unspecified atom stereocenters. The molecule has 17 heavy (non-hydrogen) atoms. The zero-order valence-electron chi connectivity index (χ0n) is 10.2. The number of rotatable bonds is 5. The molecule has 0 saturated heterocycles. The van der Waals surface area contributed by atoms with Crippen molar-refractivity contribution >= 4 is 5.78 Å². The molecule has 1 rings (SSSR count). The standard InChI is InChI=1S/C13H16F2O2/c1-4-13(5-2,17-3)12(16)9-6-7-10(14)11(15)8-9/h6-8H,4-5H2,1-3H3. The van der Waals surface area contributed by atoms with E-state index in [-0.39, 0.29) is 11.3 Å². The van der Waals surface area contributed by atoms with Crippen LogP contribution in [0.3, 0.4) is 0 Å². The first-order valence-corrected chi connectivity index (χ1v) is 5.55. The van der Waals surface area contributed by atoms with Crippen LogP contribution >= 0.6 is 0 Å². The van der Waals surface area contributed by atoms with Crippen LogP contribution in [0.15, 0.2) is 18.2 Å². The largest absolute Gasteiger partial charge is 0.370 e. The molecule has 0 N–H and O–H groups in total. The Balaban J connectivity index is 3.14. The summed E-state index contributed by atoms with van der Waals surface area (Å²) >= 11 is 0. The highest BCUT2D eigenvalue weighted by Gasteiger charge is 2.35. The molecule has 0 aliphatic rings. The van der Waals surface area contributed by atoms with Gasteiger partial charge in [0.15, 0.2) is 17.4 Å². The third kappa shape index (κ3) is 2.52. The number of ketones is 1. The minimum absolute atomic E-state index is 0.134. The number of carbonyl (C=O) groups excluding carboxylic acids is 1. The van der Waals surface area contributed by atoms with Crippen LogP contribution in [0.4, 0.5) is 8.78 Å². The average Bonchev–Trinajstić information content (AvgIpc) is 2.35. The predicted octanol–water partition coefficient (Wildman–Crippen LogP) is 3.35. The summed E-state index contributed by atoms with van der Waals surface area (Å²) in [7, 11) is 1.45. The van der Waals surface area contributed by atoms with Crippen molar-refractivity contribution in [1.29, 1.82) is 0 Å². The third-order valence-electron chi connectivity index (χ3n) is 3.13. The smallest absolute Gasteiger partial charge is 0.194 e. The molecule has 0 aromatic heterocycles. The highest BCUT2D eigenvalue weighted by Crippen LogP contribution is 2.25. The van der Waals surface area contributed by atoms with Gasteiger partial charge in [-0.2, -0.15) is 0 Å². The van der Waals surface area contributed by atoms with Gasteiger partial charge >= 0.3 is 0 Å². The molecule has 0 amide bonds. The number of carbonyl (C=O) groups is 1. The summed E-state index contributed by atoms with van der Waals surface area (Å²) in [4.78, 5) is 12.2. The summed E-state index contributed by atoms with van der Waals surface area (Å²) < 4.78 is 31.1. The summed E-state index contributed by atoms with van der Waals surface area (Å²) in [6.07, 6.45) is 0.968. The maximum absolute atomic E-state index is 13.1. The van der Waals surface area contributed by atoms with Gasteiger partial charge in [-0.15, -0.1) is 0 Å². The normalized spacial score (nSPS) is 11.6. The lowest BCUT2D eigenvalue weighted by Gasteiger charge is -2.28. The first-order valence-electron chi connectivity index (χ1n) is 5.55. The lowest BCUT2D eigenvalue weighted by Crippen LogP contribution is -2.39. The van der Waals surface area contributed by atoms with Crippen LogP contribution in [-0.2, 0) is 4.74 Å². The molecule has 0 aliphatic heterocycles. The van der Waals surface area contributed by atoms with Crippen LogP contribution in [0, 0.1) is 11.6 Å². The Bertz CT molecular complexity index is 404. The van der Waals surface area contributed by atoms with Crippen molar-refractivity contribution in [1.82, 2.24) is 0 Å². The van der Waals surface area contributed by atoms with E-state index < -0.39 is 17.2 Å². The minimum Gasteiger partial charge on any atom is -0.370 e. The zero-order chi connectivity index (χ0) is 13.1. The van der Waals surface area contributed by atoms with Crippen LogP contribution in [0.2, 0.25) is 0 Å². The number of Topliss-reactive ketones (excluding diaryl/α,β-unsaturated/α-hetero) is 1. The molecule has 0 bridgehead atoms. The molecule has 4 heteroatoms. The topological polar surface area (TPSA) is 26.3 Å². The average molecular weight is 242 g/mol. The number of benzene rings is 1. The Hall–Kier alpha value is -1.29. The molecule has 1 aromatic rings. The van der Waals surface area contributed by atoms with Crippen molar-refractivity contribution in [2.75, 3.05) is 7.11 Å². The van der Waals surface area contributed by atoms with Gasteiger partial charge < -0.3 is 4.74 Å². The van der Waals surface area contributed by atoms with E-state index in [0.717, 1.165) is 12.1 Å². The van der Waals surface area contributed by atoms with Gasteiger partial charge in [0, 0.05) is 12.7 Å². The fourth-order valence-corrected chi connectivity index (χ4v) is 1.85. The Morgan fingerprint density at radius 2 is 1.82 bits per heavy atom. The van der Waals surface area contributed by atoms with E-state index in [4.69, 9.17) is 4.74 Å². The van der Waals surface area contributed by atoms with Crippen LogP contribution in [0.5, 0.6) is 0 Å². The van der Waals surface area contributed by atoms with Gasteiger partial charge in [-0.3, -0.25) is 4.79 Å². The van der Waals surface area contributed by atoms with Gasteiger partial charge in [-0.1, -0.05) is 13.8 Å². The Morgan fingerprint density at radius 3 is 2.24 bits per heavy atom. The van der Waals surface area contributed by atoms with Crippen LogP contribution in [0.25, 0.3) is 0 Å². The number of halogens is 2. The van der Waals surface area contributed by atoms with E-state index in [2.05, 4.69) is 0 Å². The molecule has 0 heterocycles. The SMILES string of the molecule is CCC(CC)(OC)C(=O)c1ccc(F)c(F)c1.